The van der Waals surface area contributed by atoms with Gasteiger partial charge in [-0.3, -0.25) is 9.59 Å². The lowest BCUT2D eigenvalue weighted by atomic mass is 10.1. The number of benzene rings is 3. The van der Waals surface area contributed by atoms with Crippen LogP contribution < -0.4 is 24.8 Å². The molecule has 0 radical (unpaired) electrons. The molecule has 0 saturated heterocycles. The number of para-hydroxylation sites is 2. The standard InChI is InChI=1S/C27H24ClN3O5/c1-17-7-6-8-20(11-17)30-27(33)19(15-29)12-18-13-21(28)26(24(14-18)35-3)36-16-25(32)31-22-9-4-5-10-23(22)34-2/h4-14H,16H2,1-3H3,(H,30,33)(H,31,32)/b19-12+. The predicted octanol–water partition coefficient (Wildman–Crippen LogP) is 5.23. The molecular formula is C27H24ClN3O5. The highest BCUT2D eigenvalue weighted by atomic mass is 35.5. The van der Waals surface area contributed by atoms with Gasteiger partial charge in [0.05, 0.1) is 24.9 Å². The van der Waals surface area contributed by atoms with E-state index in [1.807, 2.05) is 19.1 Å². The van der Waals surface area contributed by atoms with Crippen molar-refractivity contribution in [2.75, 3.05) is 31.5 Å². The number of hydrogen-bond acceptors (Lipinski definition) is 6. The number of rotatable bonds is 9. The monoisotopic (exact) mass is 505 g/mol. The summed E-state index contributed by atoms with van der Waals surface area (Å²) < 4.78 is 16.2. The Kier molecular flexibility index (Phi) is 8.92. The van der Waals surface area contributed by atoms with Crippen molar-refractivity contribution in [3.8, 4) is 23.3 Å². The Morgan fingerprint density at radius 1 is 1.00 bits per heavy atom. The Bertz CT molecular complexity index is 1350. The normalized spacial score (nSPS) is 10.7. The zero-order valence-corrected chi connectivity index (χ0v) is 20.7. The van der Waals surface area contributed by atoms with Crippen molar-refractivity contribution in [3.05, 3.63) is 82.4 Å². The van der Waals surface area contributed by atoms with Crippen molar-refractivity contribution in [2.45, 2.75) is 6.92 Å². The number of anilines is 2. The van der Waals surface area contributed by atoms with Gasteiger partial charge in [-0.2, -0.15) is 5.26 Å². The molecule has 8 nitrogen and oxygen atoms in total. The van der Waals surface area contributed by atoms with Crippen LogP contribution in [0.2, 0.25) is 5.02 Å². The van der Waals surface area contributed by atoms with Crippen LogP contribution in [0, 0.1) is 18.3 Å². The fourth-order valence-corrected chi connectivity index (χ4v) is 3.55. The van der Waals surface area contributed by atoms with Gasteiger partial charge in [0.15, 0.2) is 18.1 Å². The van der Waals surface area contributed by atoms with Crippen molar-refractivity contribution in [1.82, 2.24) is 0 Å². The second-order valence-corrected chi connectivity index (χ2v) is 7.97. The highest BCUT2D eigenvalue weighted by Gasteiger charge is 2.16. The van der Waals surface area contributed by atoms with E-state index in [0.717, 1.165) is 5.56 Å². The van der Waals surface area contributed by atoms with Crippen LogP contribution in [0.25, 0.3) is 6.08 Å². The summed E-state index contributed by atoms with van der Waals surface area (Å²) in [5.41, 5.74) is 2.36. The minimum absolute atomic E-state index is 0.125. The van der Waals surface area contributed by atoms with Gasteiger partial charge in [0, 0.05) is 5.69 Å². The molecule has 0 unspecified atom stereocenters. The van der Waals surface area contributed by atoms with Crippen molar-refractivity contribution in [1.29, 1.82) is 5.26 Å². The Morgan fingerprint density at radius 2 is 1.75 bits per heavy atom. The maximum Gasteiger partial charge on any atom is 0.266 e. The molecule has 3 aromatic rings. The molecule has 0 aromatic heterocycles. The minimum Gasteiger partial charge on any atom is -0.495 e. The summed E-state index contributed by atoms with van der Waals surface area (Å²) in [4.78, 5) is 25.0. The van der Waals surface area contributed by atoms with E-state index in [9.17, 15) is 14.9 Å². The van der Waals surface area contributed by atoms with Crippen LogP contribution in [0.4, 0.5) is 11.4 Å². The first-order valence-electron chi connectivity index (χ1n) is 10.8. The van der Waals surface area contributed by atoms with E-state index in [0.29, 0.717) is 22.7 Å². The van der Waals surface area contributed by atoms with Crippen LogP contribution in [0.1, 0.15) is 11.1 Å². The summed E-state index contributed by atoms with van der Waals surface area (Å²) in [6, 6.07) is 19.2. The molecule has 0 heterocycles. The van der Waals surface area contributed by atoms with Gasteiger partial charge >= 0.3 is 0 Å². The van der Waals surface area contributed by atoms with Gasteiger partial charge < -0.3 is 24.8 Å². The van der Waals surface area contributed by atoms with E-state index in [1.165, 1.54) is 26.4 Å². The molecule has 2 N–H and O–H groups in total. The molecule has 0 fully saturated rings. The fraction of sp³-hybridized carbons (Fsp3) is 0.148. The van der Waals surface area contributed by atoms with Gasteiger partial charge in [-0.1, -0.05) is 35.9 Å². The zero-order valence-electron chi connectivity index (χ0n) is 19.9. The van der Waals surface area contributed by atoms with Crippen molar-refractivity contribution >= 4 is 40.9 Å². The third-order valence-corrected chi connectivity index (χ3v) is 5.21. The lowest BCUT2D eigenvalue weighted by Gasteiger charge is -2.14. The number of carbonyl (C=O) groups excluding carboxylic acids is 2. The second kappa shape index (κ2) is 12.3. The number of ether oxygens (including phenoxy) is 3. The quantitative estimate of drug-likeness (QED) is 0.304. The molecule has 0 aliphatic carbocycles. The van der Waals surface area contributed by atoms with Gasteiger partial charge in [0.25, 0.3) is 11.8 Å². The number of hydrogen-bond donors (Lipinski definition) is 2. The van der Waals surface area contributed by atoms with Crippen molar-refractivity contribution < 1.29 is 23.8 Å². The summed E-state index contributed by atoms with van der Waals surface area (Å²) in [5.74, 6) is -0.102. The third-order valence-electron chi connectivity index (χ3n) is 4.93. The summed E-state index contributed by atoms with van der Waals surface area (Å²) in [6.07, 6.45) is 1.39. The maximum atomic E-state index is 12.6. The topological polar surface area (TPSA) is 110 Å². The summed E-state index contributed by atoms with van der Waals surface area (Å²) >= 11 is 6.39. The first kappa shape index (κ1) is 26.1. The van der Waals surface area contributed by atoms with Crippen LogP contribution >= 0.6 is 11.6 Å². The molecule has 3 aromatic carbocycles. The van der Waals surface area contributed by atoms with Crippen LogP contribution in [-0.2, 0) is 9.59 Å². The number of nitrogens with one attached hydrogen (secondary N) is 2. The molecule has 0 atom stereocenters. The number of halogens is 1. The predicted molar refractivity (Wildman–Crippen MR) is 139 cm³/mol. The first-order chi connectivity index (χ1) is 17.3. The molecule has 3 rings (SSSR count). The van der Waals surface area contributed by atoms with E-state index in [1.54, 1.807) is 48.5 Å². The summed E-state index contributed by atoms with van der Waals surface area (Å²) in [7, 11) is 2.92. The molecule has 0 aliphatic heterocycles. The minimum atomic E-state index is -0.563. The SMILES string of the molecule is COc1ccccc1NC(=O)COc1c(Cl)cc(/C=C(\C#N)C(=O)Nc2cccc(C)c2)cc1OC. The van der Waals surface area contributed by atoms with E-state index < -0.39 is 11.8 Å². The Hall–Kier alpha value is -4.48. The fourth-order valence-electron chi connectivity index (χ4n) is 3.27. The maximum absolute atomic E-state index is 12.6. The van der Waals surface area contributed by atoms with Crippen LogP contribution in [-0.4, -0.2) is 32.6 Å². The summed E-state index contributed by atoms with van der Waals surface area (Å²) in [6.45, 7) is 1.56. The Balaban J connectivity index is 1.74. The van der Waals surface area contributed by atoms with E-state index in [4.69, 9.17) is 25.8 Å². The third kappa shape index (κ3) is 6.78. The van der Waals surface area contributed by atoms with Gasteiger partial charge in [-0.05, 0) is 60.5 Å². The van der Waals surface area contributed by atoms with Crippen LogP contribution in [0.5, 0.6) is 17.2 Å². The number of amides is 2. The first-order valence-corrected chi connectivity index (χ1v) is 11.2. The largest absolute Gasteiger partial charge is 0.495 e. The average Bonchev–Trinajstić information content (AvgIpc) is 2.86. The van der Waals surface area contributed by atoms with Gasteiger partial charge in [-0.25, -0.2) is 0 Å². The second-order valence-electron chi connectivity index (χ2n) is 7.56. The molecule has 184 valence electrons. The van der Waals surface area contributed by atoms with Crippen molar-refractivity contribution in [3.63, 3.8) is 0 Å². The molecule has 0 bridgehead atoms. The number of methoxy groups -OCH3 is 2. The van der Waals surface area contributed by atoms with E-state index >= 15 is 0 Å². The average molecular weight is 506 g/mol. The number of nitriles is 1. The van der Waals surface area contributed by atoms with Gasteiger partial charge in [0.1, 0.15) is 17.4 Å². The Labute approximate surface area is 214 Å². The highest BCUT2D eigenvalue weighted by Crippen LogP contribution is 2.37. The van der Waals surface area contributed by atoms with Crippen LogP contribution in [0.3, 0.4) is 0 Å². The zero-order chi connectivity index (χ0) is 26.1. The molecular weight excluding hydrogens is 482 g/mol. The highest BCUT2D eigenvalue weighted by molar-refractivity contribution is 6.32. The molecule has 0 saturated carbocycles. The Morgan fingerprint density at radius 3 is 2.44 bits per heavy atom. The van der Waals surface area contributed by atoms with Crippen LogP contribution in [0.15, 0.2) is 66.2 Å². The smallest absolute Gasteiger partial charge is 0.266 e. The van der Waals surface area contributed by atoms with Crippen molar-refractivity contribution in [2.24, 2.45) is 0 Å². The number of carbonyl (C=O) groups is 2. The van der Waals surface area contributed by atoms with Gasteiger partial charge in [0.2, 0.25) is 0 Å². The lowest BCUT2D eigenvalue weighted by molar-refractivity contribution is -0.118. The van der Waals surface area contributed by atoms with E-state index in [-0.39, 0.29) is 28.7 Å². The van der Waals surface area contributed by atoms with Gasteiger partial charge in [-0.15, -0.1) is 0 Å². The molecule has 9 heteroatoms. The molecule has 36 heavy (non-hydrogen) atoms. The number of aryl methyl sites for hydroxylation is 1. The number of nitrogens with zero attached hydrogens (tertiary/aromatic N) is 1. The molecule has 0 spiro atoms. The van der Waals surface area contributed by atoms with E-state index in [2.05, 4.69) is 10.6 Å². The lowest BCUT2D eigenvalue weighted by Crippen LogP contribution is -2.20. The summed E-state index contributed by atoms with van der Waals surface area (Å²) in [5, 5.41) is 15.1. The molecule has 2 amide bonds. The molecule has 0 aliphatic rings.